The topological polar surface area (TPSA) is 89.6 Å². The fraction of sp³-hybridized carbons (Fsp3) is 0.231. The van der Waals surface area contributed by atoms with E-state index in [1.807, 2.05) is 16.8 Å². The molecule has 20 heavy (non-hydrogen) atoms. The number of imidazole rings is 2. The van der Waals surface area contributed by atoms with Crippen LogP contribution in [0.25, 0.3) is 11.0 Å². The zero-order valence-electron chi connectivity index (χ0n) is 10.8. The van der Waals surface area contributed by atoms with Gasteiger partial charge in [0.2, 0.25) is 0 Å². The van der Waals surface area contributed by atoms with Crippen molar-refractivity contribution in [2.45, 2.75) is 18.1 Å². The van der Waals surface area contributed by atoms with Crippen molar-refractivity contribution in [1.29, 1.82) is 0 Å². The molecule has 0 aliphatic heterocycles. The summed E-state index contributed by atoms with van der Waals surface area (Å²) in [5.74, 6) is 0.563. The van der Waals surface area contributed by atoms with Crippen molar-refractivity contribution in [3.63, 3.8) is 0 Å². The minimum atomic E-state index is -1.13. The molecule has 1 unspecified atom stereocenters. The van der Waals surface area contributed by atoms with Crippen LogP contribution in [0.15, 0.2) is 42.1 Å². The van der Waals surface area contributed by atoms with Crippen LogP contribution in [-0.2, 0) is 17.3 Å². The van der Waals surface area contributed by atoms with E-state index in [1.165, 1.54) is 0 Å². The summed E-state index contributed by atoms with van der Waals surface area (Å²) >= 11 is 0. The Bertz CT molecular complexity index is 734. The third-order valence-corrected chi connectivity index (χ3v) is 4.29. The molecule has 0 spiro atoms. The van der Waals surface area contributed by atoms with E-state index in [4.69, 9.17) is 5.73 Å². The summed E-state index contributed by atoms with van der Waals surface area (Å²) in [5.41, 5.74) is 7.99. The number of fused-ring (bicyclic) bond motifs is 1. The average molecular weight is 289 g/mol. The van der Waals surface area contributed by atoms with Crippen LogP contribution in [0, 0.1) is 0 Å². The minimum absolute atomic E-state index is 0.510. The van der Waals surface area contributed by atoms with Crippen LogP contribution in [0.5, 0.6) is 0 Å². The van der Waals surface area contributed by atoms with E-state index in [0.717, 1.165) is 24.0 Å². The third-order valence-electron chi connectivity index (χ3n) is 3.01. The highest BCUT2D eigenvalue weighted by molar-refractivity contribution is 7.84. The van der Waals surface area contributed by atoms with E-state index in [1.54, 1.807) is 24.7 Å². The SMILES string of the molecule is Nc1ccc2nc(S(=O)CCCn3ccnc3)[nH]c2c1. The monoisotopic (exact) mass is 289 g/mol. The van der Waals surface area contributed by atoms with Crippen molar-refractivity contribution in [2.75, 3.05) is 11.5 Å². The first-order chi connectivity index (χ1) is 9.72. The van der Waals surface area contributed by atoms with Gasteiger partial charge in [-0.3, -0.25) is 4.21 Å². The number of nitrogens with one attached hydrogen (secondary N) is 1. The highest BCUT2D eigenvalue weighted by Crippen LogP contribution is 2.16. The van der Waals surface area contributed by atoms with Gasteiger partial charge in [0, 0.05) is 30.4 Å². The molecule has 1 aromatic carbocycles. The molecular weight excluding hydrogens is 274 g/mol. The molecule has 1 atom stereocenters. The van der Waals surface area contributed by atoms with Crippen LogP contribution in [0.4, 0.5) is 5.69 Å². The first kappa shape index (κ1) is 12.9. The number of nitrogens with zero attached hydrogens (tertiary/aromatic N) is 3. The molecule has 0 bridgehead atoms. The summed E-state index contributed by atoms with van der Waals surface area (Å²) < 4.78 is 14.2. The number of benzene rings is 1. The maximum atomic E-state index is 12.2. The van der Waals surface area contributed by atoms with Crippen LogP contribution in [0.1, 0.15) is 6.42 Å². The van der Waals surface area contributed by atoms with Crippen molar-refractivity contribution in [1.82, 2.24) is 19.5 Å². The van der Waals surface area contributed by atoms with Crippen LogP contribution < -0.4 is 5.73 Å². The Balaban J connectivity index is 1.66. The Morgan fingerprint density at radius 1 is 1.40 bits per heavy atom. The largest absolute Gasteiger partial charge is 0.399 e. The summed E-state index contributed by atoms with van der Waals surface area (Å²) in [6.45, 7) is 0.804. The van der Waals surface area contributed by atoms with Crippen molar-refractivity contribution < 1.29 is 4.21 Å². The van der Waals surface area contributed by atoms with Gasteiger partial charge in [0.1, 0.15) is 0 Å². The molecule has 7 heteroatoms. The first-order valence-electron chi connectivity index (χ1n) is 6.32. The smallest absolute Gasteiger partial charge is 0.197 e. The number of nitrogens with two attached hydrogens (primary N) is 1. The van der Waals surface area contributed by atoms with E-state index >= 15 is 0 Å². The lowest BCUT2D eigenvalue weighted by Crippen LogP contribution is -2.04. The minimum Gasteiger partial charge on any atom is -0.399 e. The quantitative estimate of drug-likeness (QED) is 0.697. The van der Waals surface area contributed by atoms with Gasteiger partial charge in [0.15, 0.2) is 5.16 Å². The van der Waals surface area contributed by atoms with Gasteiger partial charge >= 0.3 is 0 Å². The second-order valence-corrected chi connectivity index (χ2v) is 6.01. The van der Waals surface area contributed by atoms with Crippen molar-refractivity contribution in [3.8, 4) is 0 Å². The van der Waals surface area contributed by atoms with E-state index in [-0.39, 0.29) is 0 Å². The van der Waals surface area contributed by atoms with Crippen LogP contribution in [-0.4, -0.2) is 29.5 Å². The Morgan fingerprint density at radius 2 is 2.30 bits per heavy atom. The van der Waals surface area contributed by atoms with Crippen LogP contribution in [0.2, 0.25) is 0 Å². The van der Waals surface area contributed by atoms with Crippen molar-refractivity contribution in [3.05, 3.63) is 36.9 Å². The Hall–Kier alpha value is -2.15. The van der Waals surface area contributed by atoms with E-state index in [0.29, 0.717) is 16.6 Å². The lowest BCUT2D eigenvalue weighted by molar-refractivity contribution is 0.654. The number of nitrogen functional groups attached to an aromatic ring is 1. The van der Waals surface area contributed by atoms with Gasteiger partial charge in [-0.15, -0.1) is 0 Å². The summed E-state index contributed by atoms with van der Waals surface area (Å²) in [5, 5.41) is 0.510. The number of hydrogen-bond donors (Lipinski definition) is 2. The zero-order chi connectivity index (χ0) is 13.9. The van der Waals surface area contributed by atoms with Gasteiger partial charge in [-0.25, -0.2) is 9.97 Å². The number of hydrogen-bond acceptors (Lipinski definition) is 4. The molecule has 0 saturated heterocycles. The highest BCUT2D eigenvalue weighted by Gasteiger charge is 2.09. The van der Waals surface area contributed by atoms with Gasteiger partial charge in [0.05, 0.1) is 28.2 Å². The molecule has 0 aliphatic rings. The maximum Gasteiger partial charge on any atom is 0.197 e. The fourth-order valence-corrected chi connectivity index (χ4v) is 3.01. The number of H-pyrrole nitrogens is 1. The normalized spacial score (nSPS) is 12.8. The number of rotatable bonds is 5. The number of aromatic amines is 1. The second kappa shape index (κ2) is 5.46. The predicted octanol–water partition coefficient (Wildman–Crippen LogP) is 1.54. The van der Waals surface area contributed by atoms with Crippen LogP contribution >= 0.6 is 0 Å². The molecule has 0 fully saturated rings. The maximum absolute atomic E-state index is 12.2. The van der Waals surface area contributed by atoms with Crippen molar-refractivity contribution >= 4 is 27.5 Å². The zero-order valence-corrected chi connectivity index (χ0v) is 11.6. The molecule has 0 radical (unpaired) electrons. The van der Waals surface area contributed by atoms with E-state index in [9.17, 15) is 4.21 Å². The lowest BCUT2D eigenvalue weighted by atomic mass is 10.3. The molecule has 3 aromatic rings. The van der Waals surface area contributed by atoms with Gasteiger partial charge in [-0.05, 0) is 24.6 Å². The predicted molar refractivity (Wildman–Crippen MR) is 78.6 cm³/mol. The van der Waals surface area contributed by atoms with Gasteiger partial charge < -0.3 is 15.3 Å². The number of anilines is 1. The Kier molecular flexibility index (Phi) is 3.51. The van der Waals surface area contributed by atoms with Gasteiger partial charge in [-0.2, -0.15) is 0 Å². The number of aromatic nitrogens is 4. The molecule has 0 aliphatic carbocycles. The van der Waals surface area contributed by atoms with Gasteiger partial charge in [-0.1, -0.05) is 0 Å². The van der Waals surface area contributed by atoms with E-state index < -0.39 is 10.8 Å². The van der Waals surface area contributed by atoms with Crippen LogP contribution in [0.3, 0.4) is 0 Å². The molecule has 3 N–H and O–H groups in total. The summed E-state index contributed by atoms with van der Waals surface area (Å²) in [7, 11) is -1.13. The first-order valence-corrected chi connectivity index (χ1v) is 7.63. The molecule has 2 aromatic heterocycles. The molecule has 104 valence electrons. The molecule has 2 heterocycles. The second-order valence-electron chi connectivity index (χ2n) is 4.52. The van der Waals surface area contributed by atoms with Crippen molar-refractivity contribution in [2.24, 2.45) is 0 Å². The number of aryl methyl sites for hydroxylation is 1. The van der Waals surface area contributed by atoms with Gasteiger partial charge in [0.25, 0.3) is 0 Å². The molecule has 0 amide bonds. The summed E-state index contributed by atoms with van der Waals surface area (Å²) in [6, 6.07) is 5.41. The van der Waals surface area contributed by atoms with E-state index in [2.05, 4.69) is 15.0 Å². The molecule has 0 saturated carbocycles. The lowest BCUT2D eigenvalue weighted by Gasteiger charge is -2.00. The molecule has 3 rings (SSSR count). The average Bonchev–Trinajstić information content (AvgIpc) is 3.06. The standard InChI is InChI=1S/C13H15N5OS/c14-10-2-3-11-12(8-10)17-13(16-11)20(19)7-1-5-18-6-4-15-9-18/h2-4,6,8-9H,1,5,7,14H2,(H,16,17). The fourth-order valence-electron chi connectivity index (χ4n) is 2.01. The summed E-state index contributed by atoms with van der Waals surface area (Å²) in [4.78, 5) is 11.4. The molecule has 6 nitrogen and oxygen atoms in total. The molecular formula is C13H15N5OS. The Labute approximate surface area is 118 Å². The third kappa shape index (κ3) is 2.72. The Morgan fingerprint density at radius 3 is 3.10 bits per heavy atom. The summed E-state index contributed by atoms with van der Waals surface area (Å²) in [6.07, 6.45) is 6.20. The highest BCUT2D eigenvalue weighted by atomic mass is 32.2.